The molecule has 0 aliphatic carbocycles. The van der Waals surface area contributed by atoms with Crippen molar-refractivity contribution in [1.82, 2.24) is 4.98 Å². The van der Waals surface area contributed by atoms with Crippen LogP contribution in [0.1, 0.15) is 17.9 Å². The Balaban J connectivity index is 1.81. The first kappa shape index (κ1) is 14.6. The van der Waals surface area contributed by atoms with Crippen LogP contribution < -0.4 is 14.4 Å². The minimum atomic E-state index is -0.311. The maximum Gasteiger partial charge on any atom is 0.141 e. The van der Waals surface area contributed by atoms with Gasteiger partial charge in [0.1, 0.15) is 23.1 Å². The molecule has 1 fully saturated rings. The fourth-order valence-electron chi connectivity index (χ4n) is 2.94. The minimum Gasteiger partial charge on any atom is -0.497 e. The lowest BCUT2D eigenvalue weighted by atomic mass is 9.97. The van der Waals surface area contributed by atoms with Gasteiger partial charge in [-0.3, -0.25) is 0 Å². The molecule has 2 heterocycles. The molecule has 0 amide bonds. The Labute approximate surface area is 129 Å². The van der Waals surface area contributed by atoms with Gasteiger partial charge < -0.3 is 14.4 Å². The highest BCUT2D eigenvalue weighted by Gasteiger charge is 2.27. The van der Waals surface area contributed by atoms with E-state index < -0.39 is 0 Å². The largest absolute Gasteiger partial charge is 0.497 e. The molecule has 4 nitrogen and oxygen atoms in total. The number of anilines is 1. The molecule has 1 aliphatic rings. The van der Waals surface area contributed by atoms with Crippen LogP contribution in [-0.4, -0.2) is 32.3 Å². The predicted octanol–water partition coefficient (Wildman–Crippen LogP) is 3.23. The topological polar surface area (TPSA) is 34.6 Å². The highest BCUT2D eigenvalue weighted by Crippen LogP contribution is 2.37. The second kappa shape index (κ2) is 6.22. The van der Waals surface area contributed by atoms with Crippen molar-refractivity contribution in [2.24, 2.45) is 0 Å². The van der Waals surface area contributed by atoms with Gasteiger partial charge in [-0.15, -0.1) is 0 Å². The molecule has 1 atom stereocenters. The molecule has 1 aromatic heterocycles. The molecule has 1 aliphatic heterocycles. The van der Waals surface area contributed by atoms with Gasteiger partial charge in [0.05, 0.1) is 20.4 Å². The molecule has 3 rings (SSSR count). The first-order valence-corrected chi connectivity index (χ1v) is 7.29. The van der Waals surface area contributed by atoms with Crippen molar-refractivity contribution in [2.75, 3.05) is 32.2 Å². The Morgan fingerprint density at radius 1 is 1.18 bits per heavy atom. The zero-order chi connectivity index (χ0) is 15.5. The number of hydrogen-bond acceptors (Lipinski definition) is 4. The Morgan fingerprint density at radius 2 is 2.05 bits per heavy atom. The van der Waals surface area contributed by atoms with Crippen molar-refractivity contribution in [2.45, 2.75) is 12.3 Å². The first-order chi connectivity index (χ1) is 10.7. The van der Waals surface area contributed by atoms with Crippen LogP contribution in [0.5, 0.6) is 11.5 Å². The van der Waals surface area contributed by atoms with Crippen molar-refractivity contribution in [1.29, 1.82) is 0 Å². The van der Waals surface area contributed by atoms with Crippen molar-refractivity contribution >= 4 is 5.82 Å². The van der Waals surface area contributed by atoms with E-state index >= 15 is 0 Å². The van der Waals surface area contributed by atoms with Crippen LogP contribution in [0.4, 0.5) is 10.2 Å². The van der Waals surface area contributed by atoms with E-state index in [1.807, 2.05) is 18.2 Å². The number of hydrogen-bond donors (Lipinski definition) is 0. The van der Waals surface area contributed by atoms with E-state index in [4.69, 9.17) is 9.47 Å². The van der Waals surface area contributed by atoms with Gasteiger partial charge in [-0.05, 0) is 36.8 Å². The van der Waals surface area contributed by atoms with Crippen LogP contribution in [0.25, 0.3) is 0 Å². The zero-order valence-corrected chi connectivity index (χ0v) is 12.8. The Morgan fingerprint density at radius 3 is 2.73 bits per heavy atom. The summed E-state index contributed by atoms with van der Waals surface area (Å²) in [5, 5.41) is 0. The van der Waals surface area contributed by atoms with Crippen molar-refractivity contribution in [3.8, 4) is 11.5 Å². The lowest BCUT2D eigenvalue weighted by Gasteiger charge is -2.19. The van der Waals surface area contributed by atoms with Gasteiger partial charge in [-0.25, -0.2) is 9.37 Å². The zero-order valence-electron chi connectivity index (χ0n) is 12.8. The summed E-state index contributed by atoms with van der Waals surface area (Å²) in [7, 11) is 3.34. The monoisotopic (exact) mass is 302 g/mol. The summed E-state index contributed by atoms with van der Waals surface area (Å²) in [5.74, 6) is 2.55. The molecular formula is C17H19FN2O2. The van der Waals surface area contributed by atoms with Crippen LogP contribution in [-0.2, 0) is 0 Å². The Bertz CT molecular complexity index is 646. The summed E-state index contributed by atoms with van der Waals surface area (Å²) in [6.07, 6.45) is 2.26. The SMILES string of the molecule is COc1ccc(OC)c([C@H]2CCN(c3ccc(F)cn3)C2)c1. The van der Waals surface area contributed by atoms with E-state index in [1.165, 1.54) is 12.3 Å². The molecular weight excluding hydrogens is 283 g/mol. The second-order valence-corrected chi connectivity index (χ2v) is 5.37. The molecule has 116 valence electrons. The number of ether oxygens (including phenoxy) is 2. The molecule has 0 saturated carbocycles. The van der Waals surface area contributed by atoms with Gasteiger partial charge in [0.15, 0.2) is 0 Å². The number of halogens is 1. The molecule has 0 radical (unpaired) electrons. The van der Waals surface area contributed by atoms with E-state index in [9.17, 15) is 4.39 Å². The normalized spacial score (nSPS) is 17.6. The molecule has 2 aromatic rings. The lowest BCUT2D eigenvalue weighted by Crippen LogP contribution is -2.20. The highest BCUT2D eigenvalue weighted by atomic mass is 19.1. The fourth-order valence-corrected chi connectivity index (χ4v) is 2.94. The summed E-state index contributed by atoms with van der Waals surface area (Å²) in [6, 6.07) is 9.04. The molecule has 0 spiro atoms. The number of nitrogens with zero attached hydrogens (tertiary/aromatic N) is 2. The summed E-state index contributed by atoms with van der Waals surface area (Å²) in [6.45, 7) is 1.73. The summed E-state index contributed by atoms with van der Waals surface area (Å²) >= 11 is 0. The molecule has 0 N–H and O–H groups in total. The fraction of sp³-hybridized carbons (Fsp3) is 0.353. The van der Waals surface area contributed by atoms with Crippen LogP contribution in [0.15, 0.2) is 36.5 Å². The van der Waals surface area contributed by atoms with E-state index in [0.717, 1.165) is 42.4 Å². The smallest absolute Gasteiger partial charge is 0.141 e. The third-order valence-corrected chi connectivity index (χ3v) is 4.10. The van der Waals surface area contributed by atoms with E-state index in [2.05, 4.69) is 9.88 Å². The summed E-state index contributed by atoms with van der Waals surface area (Å²) in [4.78, 5) is 6.33. The molecule has 1 saturated heterocycles. The standard InChI is InChI=1S/C17H19FN2O2/c1-21-14-4-5-16(22-2)15(9-14)12-7-8-20(11-12)17-6-3-13(18)10-19-17/h3-6,9-10,12H,7-8,11H2,1-2H3/t12-/m0/s1. The number of rotatable bonds is 4. The summed E-state index contributed by atoms with van der Waals surface area (Å²) in [5.41, 5.74) is 1.14. The Kier molecular flexibility index (Phi) is 4.13. The van der Waals surface area contributed by atoms with Gasteiger partial charge in [0.25, 0.3) is 0 Å². The summed E-state index contributed by atoms with van der Waals surface area (Å²) < 4.78 is 23.8. The molecule has 22 heavy (non-hydrogen) atoms. The van der Waals surface area contributed by atoms with Crippen LogP contribution in [0.2, 0.25) is 0 Å². The van der Waals surface area contributed by atoms with Crippen LogP contribution >= 0.6 is 0 Å². The van der Waals surface area contributed by atoms with Gasteiger partial charge in [0, 0.05) is 24.6 Å². The Hall–Kier alpha value is -2.30. The molecule has 0 unspecified atom stereocenters. The van der Waals surface area contributed by atoms with Crippen molar-refractivity contribution < 1.29 is 13.9 Å². The maximum absolute atomic E-state index is 13.0. The maximum atomic E-state index is 13.0. The van der Waals surface area contributed by atoms with Crippen LogP contribution in [0.3, 0.4) is 0 Å². The van der Waals surface area contributed by atoms with Crippen LogP contribution in [0, 0.1) is 5.82 Å². The lowest BCUT2D eigenvalue weighted by molar-refractivity contribution is 0.396. The average Bonchev–Trinajstić information content (AvgIpc) is 3.04. The number of pyridine rings is 1. The van der Waals surface area contributed by atoms with Gasteiger partial charge in [-0.1, -0.05) is 0 Å². The van der Waals surface area contributed by atoms with E-state index in [1.54, 1.807) is 20.3 Å². The minimum absolute atomic E-state index is 0.311. The first-order valence-electron chi connectivity index (χ1n) is 7.29. The molecule has 0 bridgehead atoms. The van der Waals surface area contributed by atoms with Crippen molar-refractivity contribution in [3.05, 3.63) is 47.9 Å². The highest BCUT2D eigenvalue weighted by molar-refractivity contribution is 5.47. The third-order valence-electron chi connectivity index (χ3n) is 4.10. The van der Waals surface area contributed by atoms with Gasteiger partial charge in [0.2, 0.25) is 0 Å². The van der Waals surface area contributed by atoms with Gasteiger partial charge >= 0.3 is 0 Å². The third kappa shape index (κ3) is 2.84. The van der Waals surface area contributed by atoms with Crippen molar-refractivity contribution in [3.63, 3.8) is 0 Å². The van der Waals surface area contributed by atoms with E-state index in [-0.39, 0.29) is 5.82 Å². The second-order valence-electron chi connectivity index (χ2n) is 5.37. The number of aromatic nitrogens is 1. The average molecular weight is 302 g/mol. The molecule has 1 aromatic carbocycles. The number of methoxy groups -OCH3 is 2. The quantitative estimate of drug-likeness (QED) is 0.868. The molecule has 5 heteroatoms. The number of benzene rings is 1. The van der Waals surface area contributed by atoms with Gasteiger partial charge in [-0.2, -0.15) is 0 Å². The predicted molar refractivity (Wildman–Crippen MR) is 83.3 cm³/mol. The van der Waals surface area contributed by atoms with E-state index in [0.29, 0.717) is 5.92 Å².